The molecule has 1 aromatic rings. The topological polar surface area (TPSA) is 33.2 Å². The lowest BCUT2D eigenvalue weighted by atomic mass is 9.91. The quantitative estimate of drug-likeness (QED) is 0.741. The summed E-state index contributed by atoms with van der Waals surface area (Å²) in [5.74, 6) is 0.841. The second-order valence-electron chi connectivity index (χ2n) is 6.47. The Kier molecular flexibility index (Phi) is 4.29. The zero-order chi connectivity index (χ0) is 14.0. The molecule has 4 heteroatoms. The molecule has 0 atom stereocenters. The van der Waals surface area contributed by atoms with Crippen molar-refractivity contribution in [3.8, 4) is 0 Å². The van der Waals surface area contributed by atoms with Crippen LogP contribution in [-0.4, -0.2) is 24.4 Å². The molecule has 1 heterocycles. The predicted octanol–water partition coefficient (Wildman–Crippen LogP) is 3.88. The zero-order valence-electron chi connectivity index (χ0n) is 12.4. The van der Waals surface area contributed by atoms with Gasteiger partial charge in [-0.25, -0.2) is 4.98 Å². The van der Waals surface area contributed by atoms with Crippen LogP contribution in [0.1, 0.15) is 62.3 Å². The minimum absolute atomic E-state index is 0.0670. The number of carbonyl (C=O) groups is 1. The van der Waals surface area contributed by atoms with Gasteiger partial charge in [0.2, 0.25) is 0 Å². The van der Waals surface area contributed by atoms with Gasteiger partial charge in [-0.2, -0.15) is 0 Å². The molecule has 0 aromatic carbocycles. The molecule has 0 N–H and O–H groups in total. The molecule has 19 heavy (non-hydrogen) atoms. The van der Waals surface area contributed by atoms with Crippen molar-refractivity contribution >= 4 is 22.8 Å². The van der Waals surface area contributed by atoms with Gasteiger partial charge in [0.1, 0.15) is 0 Å². The first-order valence-corrected chi connectivity index (χ1v) is 7.98. The molecular weight excluding hydrogens is 256 g/mol. The van der Waals surface area contributed by atoms with Crippen LogP contribution < -0.4 is 4.90 Å². The van der Waals surface area contributed by atoms with E-state index in [2.05, 4.69) is 32.6 Å². The Balaban J connectivity index is 2.26. The van der Waals surface area contributed by atoms with Crippen LogP contribution in [0.15, 0.2) is 0 Å². The first-order valence-electron chi connectivity index (χ1n) is 7.17. The summed E-state index contributed by atoms with van der Waals surface area (Å²) >= 11 is 1.55. The normalized spacial score (nSPS) is 15.6. The van der Waals surface area contributed by atoms with Crippen molar-refractivity contribution in [2.24, 2.45) is 5.92 Å². The fourth-order valence-corrected chi connectivity index (χ4v) is 3.34. The van der Waals surface area contributed by atoms with Gasteiger partial charge in [0.25, 0.3) is 0 Å². The number of hydrogen-bond donors (Lipinski definition) is 0. The maximum Gasteiger partial charge on any atom is 0.186 e. The molecule has 0 amide bonds. The number of carbonyl (C=O) groups excluding carboxylic acids is 1. The van der Waals surface area contributed by atoms with E-state index in [1.807, 2.05) is 0 Å². The summed E-state index contributed by atoms with van der Waals surface area (Å²) < 4.78 is 0. The number of aromatic nitrogens is 1. The van der Waals surface area contributed by atoms with Crippen molar-refractivity contribution in [2.75, 3.05) is 18.0 Å². The van der Waals surface area contributed by atoms with Crippen LogP contribution in [0.4, 0.5) is 5.13 Å². The summed E-state index contributed by atoms with van der Waals surface area (Å²) in [4.78, 5) is 19.2. The lowest BCUT2D eigenvalue weighted by Gasteiger charge is -2.21. The lowest BCUT2D eigenvalue weighted by molar-refractivity contribution is 0.112. The third-order valence-electron chi connectivity index (χ3n) is 3.40. The molecule has 2 rings (SSSR count). The minimum Gasteiger partial charge on any atom is -0.348 e. The molecule has 1 fully saturated rings. The second kappa shape index (κ2) is 5.61. The SMILES string of the molecule is CCCN(CC1CC1)c1nc(C(C)(C)C)c(C=O)s1. The summed E-state index contributed by atoms with van der Waals surface area (Å²) in [6.45, 7) is 10.7. The highest BCUT2D eigenvalue weighted by Crippen LogP contribution is 2.36. The Bertz CT molecular complexity index is 443. The summed E-state index contributed by atoms with van der Waals surface area (Å²) in [5.41, 5.74) is 0.877. The Morgan fingerprint density at radius 3 is 2.53 bits per heavy atom. The fourth-order valence-electron chi connectivity index (χ4n) is 2.22. The number of aldehydes is 1. The maximum absolute atomic E-state index is 11.3. The molecule has 0 saturated heterocycles. The highest BCUT2D eigenvalue weighted by Gasteiger charge is 2.28. The Labute approximate surface area is 120 Å². The van der Waals surface area contributed by atoms with Crippen LogP contribution in [0.25, 0.3) is 0 Å². The van der Waals surface area contributed by atoms with Gasteiger partial charge < -0.3 is 4.90 Å². The molecular formula is C15H24N2OS. The van der Waals surface area contributed by atoms with E-state index >= 15 is 0 Å². The number of rotatable bonds is 6. The van der Waals surface area contributed by atoms with E-state index in [1.165, 1.54) is 12.8 Å². The van der Waals surface area contributed by atoms with Gasteiger partial charge in [0, 0.05) is 18.5 Å². The van der Waals surface area contributed by atoms with Crippen LogP contribution in [0.5, 0.6) is 0 Å². The van der Waals surface area contributed by atoms with Crippen molar-refractivity contribution in [1.29, 1.82) is 0 Å². The third-order valence-corrected chi connectivity index (χ3v) is 4.44. The van der Waals surface area contributed by atoms with Crippen molar-refractivity contribution in [1.82, 2.24) is 4.98 Å². The first-order chi connectivity index (χ1) is 8.95. The second-order valence-corrected chi connectivity index (χ2v) is 7.48. The van der Waals surface area contributed by atoms with Crippen molar-refractivity contribution in [3.05, 3.63) is 10.6 Å². The Hall–Kier alpha value is -0.900. The standard InChI is InChI=1S/C15H24N2OS/c1-5-8-17(9-11-6-7-11)14-16-13(15(2,3)4)12(10-18)19-14/h10-11H,5-9H2,1-4H3. The van der Waals surface area contributed by atoms with Crippen LogP contribution in [0, 0.1) is 5.92 Å². The first kappa shape index (κ1) is 14.5. The van der Waals surface area contributed by atoms with Crippen molar-refractivity contribution in [3.63, 3.8) is 0 Å². The molecule has 1 saturated carbocycles. The average Bonchev–Trinajstić information content (AvgIpc) is 3.03. The Morgan fingerprint density at radius 2 is 2.11 bits per heavy atom. The molecule has 106 valence electrons. The largest absolute Gasteiger partial charge is 0.348 e. The minimum atomic E-state index is -0.0670. The highest BCUT2D eigenvalue weighted by atomic mass is 32.1. The van der Waals surface area contributed by atoms with Gasteiger partial charge in [-0.15, -0.1) is 0 Å². The average molecular weight is 280 g/mol. The van der Waals surface area contributed by atoms with E-state index in [0.717, 1.165) is 47.4 Å². The van der Waals surface area contributed by atoms with Gasteiger partial charge in [0.15, 0.2) is 11.4 Å². The molecule has 0 spiro atoms. The number of nitrogens with zero attached hydrogens (tertiary/aromatic N) is 2. The Morgan fingerprint density at radius 1 is 1.42 bits per heavy atom. The molecule has 0 bridgehead atoms. The number of anilines is 1. The highest BCUT2D eigenvalue weighted by molar-refractivity contribution is 7.17. The van der Waals surface area contributed by atoms with Gasteiger partial charge in [-0.05, 0) is 25.2 Å². The van der Waals surface area contributed by atoms with E-state index in [0.29, 0.717) is 0 Å². The zero-order valence-corrected chi connectivity index (χ0v) is 13.2. The lowest BCUT2D eigenvalue weighted by Crippen LogP contribution is -2.26. The van der Waals surface area contributed by atoms with Crippen LogP contribution in [-0.2, 0) is 5.41 Å². The number of hydrogen-bond acceptors (Lipinski definition) is 4. The van der Waals surface area contributed by atoms with E-state index in [-0.39, 0.29) is 5.41 Å². The van der Waals surface area contributed by atoms with Crippen LogP contribution in [0.3, 0.4) is 0 Å². The van der Waals surface area contributed by atoms with Crippen LogP contribution in [0.2, 0.25) is 0 Å². The maximum atomic E-state index is 11.3. The van der Waals surface area contributed by atoms with Gasteiger partial charge in [-0.3, -0.25) is 4.79 Å². The van der Waals surface area contributed by atoms with Gasteiger partial charge in [0.05, 0.1) is 10.6 Å². The predicted molar refractivity (Wildman–Crippen MR) is 81.4 cm³/mol. The van der Waals surface area contributed by atoms with E-state index in [1.54, 1.807) is 11.3 Å². The van der Waals surface area contributed by atoms with E-state index in [4.69, 9.17) is 4.98 Å². The molecule has 0 aliphatic heterocycles. The van der Waals surface area contributed by atoms with Crippen molar-refractivity contribution in [2.45, 2.75) is 52.4 Å². The summed E-state index contributed by atoms with van der Waals surface area (Å²) in [7, 11) is 0. The molecule has 3 nitrogen and oxygen atoms in total. The molecule has 1 aliphatic rings. The molecule has 1 aliphatic carbocycles. The summed E-state index contributed by atoms with van der Waals surface area (Å²) in [6.07, 6.45) is 4.77. The molecule has 0 unspecified atom stereocenters. The molecule has 1 aromatic heterocycles. The molecule has 0 radical (unpaired) electrons. The summed E-state index contributed by atoms with van der Waals surface area (Å²) in [5, 5.41) is 1.03. The fraction of sp³-hybridized carbons (Fsp3) is 0.733. The van der Waals surface area contributed by atoms with Crippen molar-refractivity contribution < 1.29 is 4.79 Å². The third kappa shape index (κ3) is 3.56. The number of thiazole rings is 1. The van der Waals surface area contributed by atoms with Crippen LogP contribution >= 0.6 is 11.3 Å². The van der Waals surface area contributed by atoms with E-state index in [9.17, 15) is 4.79 Å². The van der Waals surface area contributed by atoms with E-state index < -0.39 is 0 Å². The summed E-state index contributed by atoms with van der Waals surface area (Å²) in [6, 6.07) is 0. The smallest absolute Gasteiger partial charge is 0.186 e. The monoisotopic (exact) mass is 280 g/mol. The van der Waals surface area contributed by atoms with Gasteiger partial charge >= 0.3 is 0 Å². The van der Waals surface area contributed by atoms with Gasteiger partial charge in [-0.1, -0.05) is 39.0 Å².